The lowest BCUT2D eigenvalue weighted by molar-refractivity contribution is 0.275. The van der Waals surface area contributed by atoms with E-state index in [4.69, 9.17) is 12.2 Å². The van der Waals surface area contributed by atoms with Crippen molar-refractivity contribution in [2.75, 3.05) is 6.54 Å². The number of nitrogens with one attached hydrogen (secondary N) is 1. The lowest BCUT2D eigenvalue weighted by Crippen LogP contribution is -2.54. The van der Waals surface area contributed by atoms with E-state index in [9.17, 15) is 0 Å². The lowest BCUT2D eigenvalue weighted by atomic mass is 9.89. The largest absolute Gasteiger partial charge is 0.329 e. The van der Waals surface area contributed by atoms with Crippen LogP contribution in [0.4, 0.5) is 0 Å². The maximum Gasteiger partial charge on any atom is 0.0691 e. The van der Waals surface area contributed by atoms with Crippen LogP contribution in [0.15, 0.2) is 0 Å². The molecule has 0 spiro atoms. The molecule has 0 radical (unpaired) electrons. The van der Waals surface area contributed by atoms with Crippen LogP contribution in [0.5, 0.6) is 0 Å². The van der Waals surface area contributed by atoms with Crippen LogP contribution < -0.4 is 11.1 Å². The van der Waals surface area contributed by atoms with E-state index in [1.807, 2.05) is 0 Å². The second kappa shape index (κ2) is 7.73. The van der Waals surface area contributed by atoms with Gasteiger partial charge in [-0.25, -0.2) is 0 Å². The summed E-state index contributed by atoms with van der Waals surface area (Å²) in [5, 5.41) is 3.56. The number of rotatable bonds is 8. The number of terminal acetylenes is 1. The molecular weight excluding hydrogens is 184 g/mol. The van der Waals surface area contributed by atoms with Gasteiger partial charge in [-0.1, -0.05) is 39.5 Å². The Balaban J connectivity index is 4.43. The van der Waals surface area contributed by atoms with E-state index in [0.29, 0.717) is 6.54 Å². The highest BCUT2D eigenvalue weighted by molar-refractivity contribution is 5.03. The predicted octanol–water partition coefficient (Wildman–Crippen LogP) is 2.29. The Hall–Kier alpha value is -0.520. The van der Waals surface area contributed by atoms with Gasteiger partial charge in [0.05, 0.1) is 6.04 Å². The number of hydrogen-bond donors (Lipinski definition) is 2. The molecular formula is C13H26N2. The molecule has 15 heavy (non-hydrogen) atoms. The summed E-state index contributed by atoms with van der Waals surface area (Å²) in [6.07, 6.45) is 10.9. The molecule has 3 N–H and O–H groups in total. The van der Waals surface area contributed by atoms with Gasteiger partial charge >= 0.3 is 0 Å². The fourth-order valence-electron chi connectivity index (χ4n) is 1.99. The molecule has 88 valence electrons. The van der Waals surface area contributed by atoms with E-state index in [2.05, 4.69) is 32.0 Å². The molecule has 0 aliphatic carbocycles. The standard InChI is InChI=1S/C13H26N2/c1-5-9-12(7-3)15-13(8-4,11-14)10-6-2/h3,12,15H,5-6,8-11,14H2,1-2,4H3. The Labute approximate surface area is 95.0 Å². The Morgan fingerprint density at radius 2 is 2.00 bits per heavy atom. The predicted molar refractivity (Wildman–Crippen MR) is 67.6 cm³/mol. The highest BCUT2D eigenvalue weighted by Crippen LogP contribution is 2.17. The first-order valence-electron chi connectivity index (χ1n) is 6.11. The zero-order valence-corrected chi connectivity index (χ0v) is 10.5. The molecule has 0 saturated heterocycles. The molecule has 0 aromatic heterocycles. The van der Waals surface area contributed by atoms with Crippen LogP contribution in [0.1, 0.15) is 52.9 Å². The maximum absolute atomic E-state index is 5.87. The highest BCUT2D eigenvalue weighted by Gasteiger charge is 2.27. The third-order valence-electron chi connectivity index (χ3n) is 3.06. The zero-order valence-electron chi connectivity index (χ0n) is 10.5. The van der Waals surface area contributed by atoms with Crippen LogP contribution >= 0.6 is 0 Å². The summed E-state index contributed by atoms with van der Waals surface area (Å²) < 4.78 is 0. The molecule has 2 nitrogen and oxygen atoms in total. The first-order valence-corrected chi connectivity index (χ1v) is 6.11. The van der Waals surface area contributed by atoms with E-state index in [0.717, 1.165) is 32.1 Å². The van der Waals surface area contributed by atoms with Gasteiger partial charge in [0.15, 0.2) is 0 Å². The summed E-state index contributed by atoms with van der Waals surface area (Å²) in [6.45, 7) is 7.18. The van der Waals surface area contributed by atoms with Gasteiger partial charge in [0.25, 0.3) is 0 Å². The van der Waals surface area contributed by atoms with Crippen molar-refractivity contribution in [3.8, 4) is 12.3 Å². The molecule has 2 unspecified atom stereocenters. The lowest BCUT2D eigenvalue weighted by Gasteiger charge is -2.35. The van der Waals surface area contributed by atoms with Gasteiger partial charge in [0.2, 0.25) is 0 Å². The fourth-order valence-corrected chi connectivity index (χ4v) is 1.99. The summed E-state index contributed by atoms with van der Waals surface area (Å²) in [5.41, 5.74) is 5.92. The number of hydrogen-bond acceptors (Lipinski definition) is 2. The fraction of sp³-hybridized carbons (Fsp3) is 0.846. The van der Waals surface area contributed by atoms with Gasteiger partial charge in [-0.2, -0.15) is 0 Å². The topological polar surface area (TPSA) is 38.0 Å². The molecule has 0 aromatic carbocycles. The molecule has 0 amide bonds. The molecule has 0 fully saturated rings. The normalized spacial score (nSPS) is 16.7. The van der Waals surface area contributed by atoms with Crippen molar-refractivity contribution < 1.29 is 0 Å². The molecule has 2 atom stereocenters. The molecule has 0 heterocycles. The van der Waals surface area contributed by atoms with Crippen LogP contribution in [0.3, 0.4) is 0 Å². The molecule has 0 saturated carbocycles. The van der Waals surface area contributed by atoms with Crippen molar-refractivity contribution >= 4 is 0 Å². The molecule has 0 aromatic rings. The molecule has 0 aliphatic heterocycles. The second-order valence-corrected chi connectivity index (χ2v) is 4.24. The van der Waals surface area contributed by atoms with E-state index in [-0.39, 0.29) is 11.6 Å². The summed E-state index contributed by atoms with van der Waals surface area (Å²) in [6, 6.07) is 0.171. The van der Waals surface area contributed by atoms with Crippen molar-refractivity contribution in [2.24, 2.45) is 5.73 Å². The van der Waals surface area contributed by atoms with E-state index >= 15 is 0 Å². The minimum Gasteiger partial charge on any atom is -0.329 e. The monoisotopic (exact) mass is 210 g/mol. The summed E-state index contributed by atoms with van der Waals surface area (Å²) in [7, 11) is 0. The Kier molecular flexibility index (Phi) is 7.46. The minimum absolute atomic E-state index is 0.0426. The average Bonchev–Trinajstić information content (AvgIpc) is 2.27. The quantitative estimate of drug-likeness (QED) is 0.603. The summed E-state index contributed by atoms with van der Waals surface area (Å²) >= 11 is 0. The van der Waals surface area contributed by atoms with E-state index in [1.165, 1.54) is 0 Å². The third-order valence-corrected chi connectivity index (χ3v) is 3.06. The second-order valence-electron chi connectivity index (χ2n) is 4.24. The molecule has 0 rings (SSSR count). The number of nitrogens with two attached hydrogens (primary N) is 1. The van der Waals surface area contributed by atoms with Crippen molar-refractivity contribution in [3.63, 3.8) is 0 Å². The average molecular weight is 210 g/mol. The SMILES string of the molecule is C#CC(CCC)NC(CC)(CN)CCC. The third kappa shape index (κ3) is 4.68. The zero-order chi connectivity index (χ0) is 11.7. The molecule has 0 bridgehead atoms. The van der Waals surface area contributed by atoms with Gasteiger partial charge < -0.3 is 5.73 Å². The van der Waals surface area contributed by atoms with Crippen LogP contribution in [0.2, 0.25) is 0 Å². The van der Waals surface area contributed by atoms with Crippen molar-refractivity contribution in [1.29, 1.82) is 0 Å². The highest BCUT2D eigenvalue weighted by atomic mass is 15.0. The Morgan fingerprint density at radius 3 is 2.33 bits per heavy atom. The molecule has 0 aliphatic rings. The molecule has 2 heteroatoms. The summed E-state index contributed by atoms with van der Waals surface area (Å²) in [4.78, 5) is 0. The Bertz CT molecular complexity index is 189. The van der Waals surface area contributed by atoms with Gasteiger partial charge in [-0.15, -0.1) is 6.42 Å². The maximum atomic E-state index is 5.87. The van der Waals surface area contributed by atoms with Crippen molar-refractivity contribution in [1.82, 2.24) is 5.32 Å². The van der Waals surface area contributed by atoms with Crippen molar-refractivity contribution in [2.45, 2.75) is 64.5 Å². The van der Waals surface area contributed by atoms with Gasteiger partial charge in [0.1, 0.15) is 0 Å². The van der Waals surface area contributed by atoms with Crippen LogP contribution in [0.25, 0.3) is 0 Å². The minimum atomic E-state index is 0.0426. The van der Waals surface area contributed by atoms with E-state index in [1.54, 1.807) is 0 Å². The van der Waals surface area contributed by atoms with Crippen LogP contribution in [0, 0.1) is 12.3 Å². The van der Waals surface area contributed by atoms with Crippen LogP contribution in [-0.2, 0) is 0 Å². The van der Waals surface area contributed by atoms with Crippen molar-refractivity contribution in [3.05, 3.63) is 0 Å². The summed E-state index contributed by atoms with van der Waals surface area (Å²) in [5.74, 6) is 2.82. The van der Waals surface area contributed by atoms with Gasteiger partial charge in [0, 0.05) is 12.1 Å². The van der Waals surface area contributed by atoms with Gasteiger partial charge in [-0.05, 0) is 19.3 Å². The van der Waals surface area contributed by atoms with Gasteiger partial charge in [-0.3, -0.25) is 5.32 Å². The first kappa shape index (κ1) is 14.5. The van der Waals surface area contributed by atoms with Crippen LogP contribution in [-0.4, -0.2) is 18.1 Å². The van der Waals surface area contributed by atoms with E-state index < -0.39 is 0 Å². The first-order chi connectivity index (χ1) is 7.17. The Morgan fingerprint density at radius 1 is 1.33 bits per heavy atom. The smallest absolute Gasteiger partial charge is 0.0691 e.